The van der Waals surface area contributed by atoms with E-state index in [9.17, 15) is 22.8 Å². The van der Waals surface area contributed by atoms with E-state index in [0.29, 0.717) is 0 Å². The fourth-order valence-electron chi connectivity index (χ4n) is 1.99. The Hall–Kier alpha value is -2.05. The van der Waals surface area contributed by atoms with Gasteiger partial charge in [-0.05, 0) is 19.4 Å². The largest absolute Gasteiger partial charge is 0.450 e. The Morgan fingerprint density at radius 2 is 1.76 bits per heavy atom. The maximum atomic E-state index is 13.6. The lowest BCUT2D eigenvalue weighted by Crippen LogP contribution is -2.57. The van der Waals surface area contributed by atoms with Crippen molar-refractivity contribution in [3.8, 4) is 0 Å². The molecule has 0 spiro atoms. The Bertz CT molecular complexity index is 502. The molecule has 0 aromatic heterocycles. The Morgan fingerprint density at radius 1 is 1.19 bits per heavy atom. The third-order valence-electron chi connectivity index (χ3n) is 2.86. The first-order valence-corrected chi connectivity index (χ1v) is 6.29. The minimum absolute atomic E-state index is 0.0748. The average Bonchev–Trinajstić information content (AvgIpc) is 2.37. The van der Waals surface area contributed by atoms with Gasteiger partial charge in [0, 0.05) is 6.42 Å². The van der Waals surface area contributed by atoms with Gasteiger partial charge < -0.3 is 10.1 Å². The van der Waals surface area contributed by atoms with Crippen molar-refractivity contribution in [3.63, 3.8) is 0 Å². The lowest BCUT2D eigenvalue weighted by Gasteiger charge is -2.35. The molecule has 4 nitrogen and oxygen atoms in total. The number of alkyl halides is 3. The van der Waals surface area contributed by atoms with Gasteiger partial charge in [0.1, 0.15) is 5.78 Å². The van der Waals surface area contributed by atoms with E-state index in [0.717, 1.165) is 6.92 Å². The first kappa shape index (κ1) is 17.0. The summed E-state index contributed by atoms with van der Waals surface area (Å²) < 4.78 is 45.3. The van der Waals surface area contributed by atoms with Crippen LogP contribution in [0.15, 0.2) is 30.3 Å². The van der Waals surface area contributed by atoms with E-state index in [1.807, 2.05) is 5.32 Å². The molecule has 0 bridgehead atoms. The second-order valence-electron chi connectivity index (χ2n) is 4.49. The normalized spacial score (nSPS) is 14.1. The summed E-state index contributed by atoms with van der Waals surface area (Å²) >= 11 is 0. The van der Waals surface area contributed by atoms with Gasteiger partial charge in [-0.1, -0.05) is 30.3 Å². The van der Waals surface area contributed by atoms with Crippen LogP contribution in [0.1, 0.15) is 25.8 Å². The quantitative estimate of drug-likeness (QED) is 0.909. The molecule has 7 heteroatoms. The number of alkyl carbamates (subject to hydrolysis) is 1. The number of amides is 1. The van der Waals surface area contributed by atoms with Crippen LogP contribution in [0.2, 0.25) is 0 Å². The zero-order valence-electron chi connectivity index (χ0n) is 11.7. The number of Topliss-reactive ketones (excluding diaryl/α,β-unsaturated/α-hetero) is 1. The maximum Gasteiger partial charge on any atom is 0.416 e. The smallest absolute Gasteiger partial charge is 0.416 e. The summed E-state index contributed by atoms with van der Waals surface area (Å²) in [6, 6.07) is 6.78. The molecule has 0 aliphatic carbocycles. The van der Waals surface area contributed by atoms with Gasteiger partial charge >= 0.3 is 12.3 Å². The van der Waals surface area contributed by atoms with E-state index >= 15 is 0 Å². The molecule has 0 saturated carbocycles. The van der Waals surface area contributed by atoms with Gasteiger partial charge in [0.25, 0.3) is 0 Å². The monoisotopic (exact) mass is 303 g/mol. The topological polar surface area (TPSA) is 55.4 Å². The van der Waals surface area contributed by atoms with Crippen LogP contribution >= 0.6 is 0 Å². The third-order valence-corrected chi connectivity index (χ3v) is 2.86. The summed E-state index contributed by atoms with van der Waals surface area (Å²) in [7, 11) is 0. The van der Waals surface area contributed by atoms with Crippen LogP contribution in [-0.2, 0) is 15.1 Å². The number of ether oxygens (including phenoxy) is 1. The van der Waals surface area contributed by atoms with Crippen LogP contribution in [0, 0.1) is 0 Å². The minimum Gasteiger partial charge on any atom is -0.450 e. The molecule has 0 heterocycles. The summed E-state index contributed by atoms with van der Waals surface area (Å²) in [5.41, 5.74) is -3.02. The van der Waals surface area contributed by atoms with Gasteiger partial charge in [-0.3, -0.25) is 4.79 Å². The van der Waals surface area contributed by atoms with E-state index < -0.39 is 30.0 Å². The van der Waals surface area contributed by atoms with Crippen LogP contribution in [0.25, 0.3) is 0 Å². The van der Waals surface area contributed by atoms with Gasteiger partial charge in [-0.2, -0.15) is 13.2 Å². The highest BCUT2D eigenvalue weighted by atomic mass is 19.4. The molecule has 21 heavy (non-hydrogen) atoms. The predicted molar refractivity (Wildman–Crippen MR) is 69.6 cm³/mol. The predicted octanol–water partition coefficient (Wildman–Crippen LogP) is 3.17. The van der Waals surface area contributed by atoms with Crippen molar-refractivity contribution in [2.24, 2.45) is 0 Å². The van der Waals surface area contributed by atoms with E-state index in [4.69, 9.17) is 0 Å². The highest BCUT2D eigenvalue weighted by Gasteiger charge is 2.57. The number of carbonyl (C=O) groups excluding carboxylic acids is 2. The van der Waals surface area contributed by atoms with Gasteiger partial charge in [0.15, 0.2) is 5.54 Å². The Morgan fingerprint density at radius 3 is 2.19 bits per heavy atom. The average molecular weight is 303 g/mol. The molecular formula is C14H16F3NO3. The summed E-state index contributed by atoms with van der Waals surface area (Å²) in [6.45, 7) is 2.44. The van der Waals surface area contributed by atoms with Crippen molar-refractivity contribution in [2.75, 3.05) is 6.61 Å². The molecule has 0 radical (unpaired) electrons. The molecule has 0 saturated heterocycles. The molecule has 1 rings (SSSR count). The van der Waals surface area contributed by atoms with Crippen LogP contribution < -0.4 is 5.32 Å². The maximum absolute atomic E-state index is 13.6. The van der Waals surface area contributed by atoms with E-state index in [-0.39, 0.29) is 12.2 Å². The molecule has 0 fully saturated rings. The fourth-order valence-corrected chi connectivity index (χ4v) is 1.99. The van der Waals surface area contributed by atoms with Crippen molar-refractivity contribution in [1.82, 2.24) is 5.32 Å². The zero-order valence-corrected chi connectivity index (χ0v) is 11.7. The standard InChI is InChI=1S/C14H16F3NO3/c1-3-21-12(20)18-13(9-10(2)19,14(15,16)17)11-7-5-4-6-8-11/h4-8H,3,9H2,1-2H3,(H,18,20). The number of hydrogen-bond acceptors (Lipinski definition) is 3. The van der Waals surface area contributed by atoms with Crippen molar-refractivity contribution in [1.29, 1.82) is 0 Å². The molecule has 1 amide bonds. The molecule has 1 N–H and O–H groups in total. The number of hydrogen-bond donors (Lipinski definition) is 1. The molecular weight excluding hydrogens is 287 g/mol. The third kappa shape index (κ3) is 3.96. The van der Waals surface area contributed by atoms with E-state index in [2.05, 4.69) is 4.74 Å². The number of nitrogens with one attached hydrogen (secondary N) is 1. The van der Waals surface area contributed by atoms with Gasteiger partial charge in [-0.25, -0.2) is 4.79 Å². The molecule has 0 aliphatic rings. The summed E-state index contributed by atoms with van der Waals surface area (Å²) in [5.74, 6) is -0.701. The molecule has 116 valence electrons. The van der Waals surface area contributed by atoms with Crippen LogP contribution in [0.5, 0.6) is 0 Å². The number of carbonyl (C=O) groups is 2. The summed E-state index contributed by atoms with van der Waals surface area (Å²) in [6.07, 6.45) is -6.98. The highest BCUT2D eigenvalue weighted by molar-refractivity contribution is 5.79. The van der Waals surface area contributed by atoms with Crippen molar-refractivity contribution in [3.05, 3.63) is 35.9 Å². The SMILES string of the molecule is CCOC(=O)NC(CC(C)=O)(c1ccccc1)C(F)(F)F. The summed E-state index contributed by atoms with van der Waals surface area (Å²) in [4.78, 5) is 22.8. The van der Waals surface area contributed by atoms with Gasteiger partial charge in [-0.15, -0.1) is 0 Å². The van der Waals surface area contributed by atoms with Crippen molar-refractivity contribution < 1.29 is 27.5 Å². The van der Waals surface area contributed by atoms with E-state index in [1.165, 1.54) is 31.2 Å². The minimum atomic E-state index is -4.85. The number of halogens is 3. The lowest BCUT2D eigenvalue weighted by molar-refractivity contribution is -0.201. The lowest BCUT2D eigenvalue weighted by atomic mass is 9.84. The second-order valence-corrected chi connectivity index (χ2v) is 4.49. The zero-order chi connectivity index (χ0) is 16.1. The van der Waals surface area contributed by atoms with Crippen molar-refractivity contribution >= 4 is 11.9 Å². The Labute approximate surface area is 120 Å². The first-order valence-electron chi connectivity index (χ1n) is 6.29. The first-order chi connectivity index (χ1) is 9.73. The number of ketones is 1. The van der Waals surface area contributed by atoms with Crippen LogP contribution in [0.4, 0.5) is 18.0 Å². The molecule has 1 atom stereocenters. The van der Waals surface area contributed by atoms with Crippen molar-refractivity contribution in [2.45, 2.75) is 32.0 Å². The van der Waals surface area contributed by atoms with E-state index in [1.54, 1.807) is 6.07 Å². The summed E-state index contributed by atoms with van der Waals surface area (Å²) in [5, 5.41) is 1.81. The fraction of sp³-hybridized carbons (Fsp3) is 0.429. The van der Waals surface area contributed by atoms with Gasteiger partial charge in [0.05, 0.1) is 6.61 Å². The highest BCUT2D eigenvalue weighted by Crippen LogP contribution is 2.42. The molecule has 0 aliphatic heterocycles. The number of benzene rings is 1. The second kappa shape index (κ2) is 6.60. The molecule has 1 aromatic rings. The number of rotatable bonds is 5. The molecule has 1 unspecified atom stereocenters. The van der Waals surface area contributed by atoms with Crippen LogP contribution in [-0.4, -0.2) is 24.7 Å². The van der Waals surface area contributed by atoms with Crippen LogP contribution in [0.3, 0.4) is 0 Å². The molecule has 1 aromatic carbocycles. The van der Waals surface area contributed by atoms with Gasteiger partial charge in [0.2, 0.25) is 0 Å². The Kier molecular flexibility index (Phi) is 5.34. The Balaban J connectivity index is 3.35.